The maximum atomic E-state index is 12.0. The summed E-state index contributed by atoms with van der Waals surface area (Å²) < 4.78 is 5.25. The van der Waals surface area contributed by atoms with E-state index in [0.29, 0.717) is 35.5 Å². The number of ether oxygens (including phenoxy) is 1. The van der Waals surface area contributed by atoms with E-state index in [-0.39, 0.29) is 5.91 Å². The van der Waals surface area contributed by atoms with Crippen LogP contribution >= 0.6 is 11.6 Å². The second kappa shape index (κ2) is 7.66. The number of rotatable bonds is 6. The number of hydrogen-bond donors (Lipinski definition) is 2. The van der Waals surface area contributed by atoms with Crippen LogP contribution in [0.15, 0.2) is 12.1 Å². The van der Waals surface area contributed by atoms with Gasteiger partial charge in [0, 0.05) is 30.1 Å². The summed E-state index contributed by atoms with van der Waals surface area (Å²) in [6.07, 6.45) is 5.51. The lowest BCUT2D eigenvalue weighted by molar-refractivity contribution is -0.116. The van der Waals surface area contributed by atoms with Gasteiger partial charge in [-0.25, -0.2) is 0 Å². The fraction of sp³-hybridized carbons (Fsp3) is 0.562. The lowest BCUT2D eigenvalue weighted by Crippen LogP contribution is -2.29. The molecular weight excluding hydrogens is 288 g/mol. The minimum Gasteiger partial charge on any atom is -0.495 e. The summed E-state index contributed by atoms with van der Waals surface area (Å²) in [6, 6.07) is 4.15. The van der Waals surface area contributed by atoms with E-state index in [0.717, 1.165) is 5.56 Å². The van der Waals surface area contributed by atoms with Gasteiger partial charge in [-0.15, -0.1) is 0 Å². The average Bonchev–Trinajstić information content (AvgIpc) is 2.96. The summed E-state index contributed by atoms with van der Waals surface area (Å²) in [4.78, 5) is 12.0. The Bertz CT molecular complexity index is 499. The first kappa shape index (κ1) is 16.1. The zero-order valence-electron chi connectivity index (χ0n) is 12.7. The van der Waals surface area contributed by atoms with Gasteiger partial charge < -0.3 is 15.4 Å². The number of halogens is 1. The van der Waals surface area contributed by atoms with Crippen LogP contribution in [-0.4, -0.2) is 25.6 Å². The Balaban J connectivity index is 1.85. The van der Waals surface area contributed by atoms with Gasteiger partial charge in [0.25, 0.3) is 0 Å². The first-order valence-corrected chi connectivity index (χ1v) is 7.85. The Labute approximate surface area is 131 Å². The van der Waals surface area contributed by atoms with Crippen LogP contribution in [0.4, 0.5) is 5.69 Å². The highest BCUT2D eigenvalue weighted by Crippen LogP contribution is 2.30. The first-order chi connectivity index (χ1) is 10.1. The van der Waals surface area contributed by atoms with Gasteiger partial charge in [0.05, 0.1) is 12.8 Å². The summed E-state index contributed by atoms with van der Waals surface area (Å²) in [5.74, 6) is 0.572. The molecule has 0 atom stereocenters. The van der Waals surface area contributed by atoms with Crippen LogP contribution < -0.4 is 15.4 Å². The molecule has 1 aromatic carbocycles. The molecule has 0 heterocycles. The molecule has 5 heteroatoms. The molecule has 1 aromatic rings. The summed E-state index contributed by atoms with van der Waals surface area (Å²) in [7, 11) is 1.57. The predicted octanol–water partition coefficient (Wildman–Crippen LogP) is 3.52. The topological polar surface area (TPSA) is 50.4 Å². The molecule has 21 heavy (non-hydrogen) atoms. The molecule has 1 aliphatic carbocycles. The van der Waals surface area contributed by atoms with E-state index in [2.05, 4.69) is 10.6 Å². The Morgan fingerprint density at radius 1 is 1.38 bits per heavy atom. The van der Waals surface area contributed by atoms with Crippen molar-refractivity contribution in [3.8, 4) is 5.75 Å². The SMILES string of the molecule is COc1cc(Cl)c(C)cc1NC(=O)CCNC1CCCC1. The molecule has 1 aliphatic rings. The molecule has 0 aliphatic heterocycles. The second-order valence-electron chi connectivity index (χ2n) is 5.54. The normalized spacial score (nSPS) is 15.2. The monoisotopic (exact) mass is 310 g/mol. The summed E-state index contributed by atoms with van der Waals surface area (Å²) in [5.41, 5.74) is 1.59. The zero-order chi connectivity index (χ0) is 15.2. The molecule has 116 valence electrons. The van der Waals surface area contributed by atoms with Crippen molar-refractivity contribution in [2.75, 3.05) is 19.0 Å². The molecule has 0 saturated heterocycles. The molecule has 0 bridgehead atoms. The molecule has 0 aromatic heterocycles. The van der Waals surface area contributed by atoms with Gasteiger partial charge in [0.1, 0.15) is 5.75 Å². The fourth-order valence-corrected chi connectivity index (χ4v) is 2.82. The fourth-order valence-electron chi connectivity index (χ4n) is 2.66. The van der Waals surface area contributed by atoms with E-state index in [4.69, 9.17) is 16.3 Å². The van der Waals surface area contributed by atoms with Crippen LogP contribution in [0, 0.1) is 6.92 Å². The van der Waals surface area contributed by atoms with Crippen LogP contribution in [0.3, 0.4) is 0 Å². The van der Waals surface area contributed by atoms with E-state index in [1.54, 1.807) is 13.2 Å². The molecule has 4 nitrogen and oxygen atoms in total. The number of anilines is 1. The molecule has 0 spiro atoms. The molecule has 1 amide bonds. The van der Waals surface area contributed by atoms with Crippen LogP contribution in [-0.2, 0) is 4.79 Å². The number of hydrogen-bond acceptors (Lipinski definition) is 3. The number of aryl methyl sites for hydroxylation is 1. The maximum Gasteiger partial charge on any atom is 0.225 e. The Hall–Kier alpha value is -1.26. The minimum atomic E-state index is -0.0134. The maximum absolute atomic E-state index is 12.0. The van der Waals surface area contributed by atoms with Gasteiger partial charge in [-0.1, -0.05) is 24.4 Å². The standard InChI is InChI=1S/C16H23ClN2O2/c1-11-9-14(15(21-2)10-13(11)17)19-16(20)7-8-18-12-5-3-4-6-12/h9-10,12,18H,3-8H2,1-2H3,(H,19,20). The molecule has 1 fully saturated rings. The molecule has 0 radical (unpaired) electrons. The first-order valence-electron chi connectivity index (χ1n) is 7.47. The molecule has 0 unspecified atom stereocenters. The Morgan fingerprint density at radius 3 is 2.76 bits per heavy atom. The summed E-state index contributed by atoms with van der Waals surface area (Å²) >= 11 is 6.05. The van der Waals surface area contributed by atoms with Gasteiger partial charge in [0.2, 0.25) is 5.91 Å². The number of nitrogens with one attached hydrogen (secondary N) is 2. The van der Waals surface area contributed by atoms with Gasteiger partial charge in [-0.2, -0.15) is 0 Å². The molecule has 2 N–H and O–H groups in total. The largest absolute Gasteiger partial charge is 0.495 e. The van der Waals surface area contributed by atoms with E-state index in [9.17, 15) is 4.79 Å². The van der Waals surface area contributed by atoms with Crippen molar-refractivity contribution in [3.63, 3.8) is 0 Å². The van der Waals surface area contributed by atoms with Crippen molar-refractivity contribution in [1.29, 1.82) is 0 Å². The van der Waals surface area contributed by atoms with Crippen LogP contribution in [0.5, 0.6) is 5.75 Å². The van der Waals surface area contributed by atoms with Gasteiger partial charge in [0.15, 0.2) is 0 Å². The van der Waals surface area contributed by atoms with E-state index in [1.807, 2.05) is 13.0 Å². The number of carbonyl (C=O) groups is 1. The van der Waals surface area contributed by atoms with Gasteiger partial charge >= 0.3 is 0 Å². The molecular formula is C16H23ClN2O2. The van der Waals surface area contributed by atoms with Crippen molar-refractivity contribution in [3.05, 3.63) is 22.7 Å². The highest BCUT2D eigenvalue weighted by molar-refractivity contribution is 6.31. The minimum absolute atomic E-state index is 0.0134. The number of amides is 1. The highest BCUT2D eigenvalue weighted by atomic mass is 35.5. The lowest BCUT2D eigenvalue weighted by Gasteiger charge is -2.14. The lowest BCUT2D eigenvalue weighted by atomic mass is 10.2. The summed E-state index contributed by atoms with van der Waals surface area (Å²) in [6.45, 7) is 2.62. The second-order valence-corrected chi connectivity index (χ2v) is 5.94. The van der Waals surface area contributed by atoms with Crippen molar-refractivity contribution >= 4 is 23.2 Å². The van der Waals surface area contributed by atoms with E-state index in [1.165, 1.54) is 25.7 Å². The quantitative estimate of drug-likeness (QED) is 0.845. The number of methoxy groups -OCH3 is 1. The predicted molar refractivity (Wildman–Crippen MR) is 86.2 cm³/mol. The van der Waals surface area contributed by atoms with E-state index >= 15 is 0 Å². The smallest absolute Gasteiger partial charge is 0.225 e. The third-order valence-corrected chi connectivity index (χ3v) is 4.30. The summed E-state index contributed by atoms with van der Waals surface area (Å²) in [5, 5.41) is 6.96. The number of carbonyl (C=O) groups excluding carboxylic acids is 1. The van der Waals surface area contributed by atoms with Gasteiger partial charge in [-0.3, -0.25) is 4.79 Å². The van der Waals surface area contributed by atoms with Crippen LogP contribution in [0.2, 0.25) is 5.02 Å². The molecule has 1 saturated carbocycles. The average molecular weight is 311 g/mol. The van der Waals surface area contributed by atoms with Crippen LogP contribution in [0.25, 0.3) is 0 Å². The molecule has 2 rings (SSSR count). The number of benzene rings is 1. The Kier molecular flexibility index (Phi) is 5.88. The zero-order valence-corrected chi connectivity index (χ0v) is 13.4. The van der Waals surface area contributed by atoms with Crippen molar-refractivity contribution in [1.82, 2.24) is 5.32 Å². The van der Waals surface area contributed by atoms with Crippen molar-refractivity contribution < 1.29 is 9.53 Å². The van der Waals surface area contributed by atoms with E-state index < -0.39 is 0 Å². The Morgan fingerprint density at radius 2 is 2.10 bits per heavy atom. The van der Waals surface area contributed by atoms with Crippen molar-refractivity contribution in [2.24, 2.45) is 0 Å². The van der Waals surface area contributed by atoms with Crippen LogP contribution in [0.1, 0.15) is 37.7 Å². The van der Waals surface area contributed by atoms with Crippen molar-refractivity contribution in [2.45, 2.75) is 45.1 Å². The van der Waals surface area contributed by atoms with Gasteiger partial charge in [-0.05, 0) is 31.4 Å². The third kappa shape index (κ3) is 4.61. The third-order valence-electron chi connectivity index (χ3n) is 3.90. The highest BCUT2D eigenvalue weighted by Gasteiger charge is 2.15.